The summed E-state index contributed by atoms with van der Waals surface area (Å²) in [5.41, 5.74) is 0. The van der Waals surface area contributed by atoms with Gasteiger partial charge in [0.15, 0.2) is 0 Å². The van der Waals surface area contributed by atoms with Crippen molar-refractivity contribution in [2.75, 3.05) is 14.1 Å². The molecule has 1 aliphatic carbocycles. The van der Waals surface area contributed by atoms with E-state index in [0.29, 0.717) is 12.1 Å². The second kappa shape index (κ2) is 6.02. The van der Waals surface area contributed by atoms with Gasteiger partial charge in [0.2, 0.25) is 0 Å². The second-order valence-electron chi connectivity index (χ2n) is 5.98. The fraction of sp³-hybridized carbons (Fsp3) is 1.00. The maximum Gasteiger partial charge on any atom is 0.00960 e. The summed E-state index contributed by atoms with van der Waals surface area (Å²) < 4.78 is 0. The van der Waals surface area contributed by atoms with Crippen LogP contribution in [0.1, 0.15) is 53.4 Å². The van der Waals surface area contributed by atoms with Crippen LogP contribution in [0.15, 0.2) is 0 Å². The van der Waals surface area contributed by atoms with Crippen LogP contribution >= 0.6 is 0 Å². The second-order valence-corrected chi connectivity index (χ2v) is 5.98. The molecule has 1 fully saturated rings. The summed E-state index contributed by atoms with van der Waals surface area (Å²) >= 11 is 0. The predicted molar refractivity (Wildman–Crippen MR) is 71.8 cm³/mol. The van der Waals surface area contributed by atoms with Gasteiger partial charge in [-0.05, 0) is 67.5 Å². The summed E-state index contributed by atoms with van der Waals surface area (Å²) in [6, 6.07) is 3.00. The molecule has 0 atom stereocenters. The molecule has 0 aromatic heterocycles. The summed E-state index contributed by atoms with van der Waals surface area (Å²) in [5.74, 6) is 0. The molecule has 1 aliphatic rings. The molecule has 2 nitrogen and oxygen atoms in total. The van der Waals surface area contributed by atoms with Crippen LogP contribution in [-0.4, -0.2) is 48.1 Å². The van der Waals surface area contributed by atoms with E-state index < -0.39 is 0 Å². The highest BCUT2D eigenvalue weighted by atomic mass is 15.2. The molecule has 0 aromatic carbocycles. The van der Waals surface area contributed by atoms with E-state index in [2.05, 4.69) is 51.6 Å². The van der Waals surface area contributed by atoms with Crippen LogP contribution in [0.4, 0.5) is 0 Å². The third-order valence-electron chi connectivity index (χ3n) is 4.45. The van der Waals surface area contributed by atoms with Crippen LogP contribution in [0, 0.1) is 0 Å². The van der Waals surface area contributed by atoms with Crippen molar-refractivity contribution in [1.29, 1.82) is 0 Å². The summed E-state index contributed by atoms with van der Waals surface area (Å²) in [4.78, 5) is 5.09. The fourth-order valence-corrected chi connectivity index (χ4v) is 2.72. The minimum atomic E-state index is 0.685. The molecule has 0 bridgehead atoms. The zero-order valence-corrected chi connectivity index (χ0v) is 12.0. The van der Waals surface area contributed by atoms with Gasteiger partial charge in [0.1, 0.15) is 0 Å². The molecule has 0 N–H and O–H groups in total. The average Bonchev–Trinajstić information content (AvgIpc) is 2.27. The minimum Gasteiger partial charge on any atom is -0.301 e. The lowest BCUT2D eigenvalue weighted by Gasteiger charge is -2.40. The van der Waals surface area contributed by atoms with Crippen molar-refractivity contribution in [3.63, 3.8) is 0 Å². The first kappa shape index (κ1) is 14.0. The fourth-order valence-electron chi connectivity index (χ4n) is 2.72. The molecule has 0 radical (unpaired) electrons. The Bertz CT molecular complexity index is 171. The number of hydrogen-bond donors (Lipinski definition) is 0. The standard InChI is InChI=1S/C14H30N2/c1-11(2)15(5)13-7-9-14(10-8-13)16(6)12(3)4/h11-14H,7-10H2,1-6H3. The maximum absolute atomic E-state index is 2.55. The van der Waals surface area contributed by atoms with Crippen molar-refractivity contribution in [2.24, 2.45) is 0 Å². The normalized spacial score (nSPS) is 27.4. The summed E-state index contributed by atoms with van der Waals surface area (Å²) in [5, 5.41) is 0. The van der Waals surface area contributed by atoms with Crippen molar-refractivity contribution in [2.45, 2.75) is 77.5 Å². The lowest BCUT2D eigenvalue weighted by molar-refractivity contribution is 0.0932. The Morgan fingerprint density at radius 1 is 0.688 bits per heavy atom. The lowest BCUT2D eigenvalue weighted by atomic mass is 9.88. The Hall–Kier alpha value is -0.0800. The van der Waals surface area contributed by atoms with Gasteiger partial charge in [-0.2, -0.15) is 0 Å². The molecule has 0 amide bonds. The Morgan fingerprint density at radius 3 is 1.12 bits per heavy atom. The van der Waals surface area contributed by atoms with Crippen molar-refractivity contribution in [1.82, 2.24) is 9.80 Å². The van der Waals surface area contributed by atoms with E-state index in [4.69, 9.17) is 0 Å². The van der Waals surface area contributed by atoms with E-state index in [1.54, 1.807) is 0 Å². The molecule has 0 saturated heterocycles. The lowest BCUT2D eigenvalue weighted by Crippen LogP contribution is -2.45. The topological polar surface area (TPSA) is 6.48 Å². The van der Waals surface area contributed by atoms with Crippen LogP contribution in [0.5, 0.6) is 0 Å². The Labute approximate surface area is 102 Å². The number of nitrogens with zero attached hydrogens (tertiary/aromatic N) is 2. The van der Waals surface area contributed by atoms with Crippen LogP contribution < -0.4 is 0 Å². The molecule has 0 unspecified atom stereocenters. The molecule has 0 spiro atoms. The average molecular weight is 226 g/mol. The van der Waals surface area contributed by atoms with Crippen molar-refractivity contribution in [3.05, 3.63) is 0 Å². The molecule has 0 heterocycles. The van der Waals surface area contributed by atoms with E-state index >= 15 is 0 Å². The zero-order chi connectivity index (χ0) is 12.3. The predicted octanol–water partition coefficient (Wildman–Crippen LogP) is 2.98. The first-order valence-electron chi connectivity index (χ1n) is 6.87. The maximum atomic E-state index is 2.55. The summed E-state index contributed by atoms with van der Waals surface area (Å²) in [7, 11) is 4.56. The Balaban J connectivity index is 2.39. The largest absolute Gasteiger partial charge is 0.301 e. The highest BCUT2D eigenvalue weighted by Gasteiger charge is 2.27. The third-order valence-corrected chi connectivity index (χ3v) is 4.45. The van der Waals surface area contributed by atoms with E-state index in [1.807, 2.05) is 0 Å². The van der Waals surface area contributed by atoms with E-state index in [1.165, 1.54) is 25.7 Å². The Morgan fingerprint density at radius 2 is 0.938 bits per heavy atom. The zero-order valence-electron chi connectivity index (χ0n) is 12.0. The smallest absolute Gasteiger partial charge is 0.00960 e. The highest BCUT2D eigenvalue weighted by Crippen LogP contribution is 2.27. The SMILES string of the molecule is CC(C)N(C)C1CCC(N(C)C(C)C)CC1. The molecule has 1 saturated carbocycles. The quantitative estimate of drug-likeness (QED) is 0.727. The van der Waals surface area contributed by atoms with Crippen LogP contribution in [0.2, 0.25) is 0 Å². The molecule has 96 valence electrons. The van der Waals surface area contributed by atoms with Crippen LogP contribution in [-0.2, 0) is 0 Å². The van der Waals surface area contributed by atoms with Gasteiger partial charge in [0.25, 0.3) is 0 Å². The van der Waals surface area contributed by atoms with Crippen LogP contribution in [0.25, 0.3) is 0 Å². The van der Waals surface area contributed by atoms with E-state index in [0.717, 1.165) is 12.1 Å². The minimum absolute atomic E-state index is 0.685. The van der Waals surface area contributed by atoms with E-state index in [9.17, 15) is 0 Å². The first-order chi connectivity index (χ1) is 7.43. The van der Waals surface area contributed by atoms with Gasteiger partial charge in [-0.3, -0.25) is 0 Å². The number of rotatable bonds is 4. The highest BCUT2D eigenvalue weighted by molar-refractivity contribution is 4.84. The molecule has 2 heteroatoms. The third kappa shape index (κ3) is 3.46. The van der Waals surface area contributed by atoms with Crippen molar-refractivity contribution < 1.29 is 0 Å². The van der Waals surface area contributed by atoms with Gasteiger partial charge in [0, 0.05) is 24.2 Å². The van der Waals surface area contributed by atoms with Gasteiger partial charge in [0.05, 0.1) is 0 Å². The van der Waals surface area contributed by atoms with Crippen molar-refractivity contribution in [3.8, 4) is 0 Å². The summed E-state index contributed by atoms with van der Waals surface area (Å²) in [6.07, 6.45) is 5.49. The first-order valence-corrected chi connectivity index (χ1v) is 6.87. The van der Waals surface area contributed by atoms with E-state index in [-0.39, 0.29) is 0 Å². The van der Waals surface area contributed by atoms with Gasteiger partial charge >= 0.3 is 0 Å². The monoisotopic (exact) mass is 226 g/mol. The Kier molecular flexibility index (Phi) is 5.26. The van der Waals surface area contributed by atoms with Gasteiger partial charge in [-0.25, -0.2) is 0 Å². The molecule has 1 rings (SSSR count). The molecular formula is C14H30N2. The molecule has 0 aliphatic heterocycles. The van der Waals surface area contributed by atoms with Crippen LogP contribution in [0.3, 0.4) is 0 Å². The molecule has 16 heavy (non-hydrogen) atoms. The summed E-state index contributed by atoms with van der Waals surface area (Å²) in [6.45, 7) is 9.19. The van der Waals surface area contributed by atoms with Gasteiger partial charge in [-0.1, -0.05) is 0 Å². The van der Waals surface area contributed by atoms with Gasteiger partial charge in [-0.15, -0.1) is 0 Å². The molecular weight excluding hydrogens is 196 g/mol. The number of hydrogen-bond acceptors (Lipinski definition) is 2. The molecule has 0 aromatic rings. The van der Waals surface area contributed by atoms with Gasteiger partial charge < -0.3 is 9.80 Å². The van der Waals surface area contributed by atoms with Crippen molar-refractivity contribution >= 4 is 0 Å².